The monoisotopic (exact) mass is 343 g/mol. The van der Waals surface area contributed by atoms with Crippen molar-refractivity contribution in [3.8, 4) is 22.4 Å². The summed E-state index contributed by atoms with van der Waals surface area (Å²) in [6.07, 6.45) is 0. The zero-order chi connectivity index (χ0) is 17.1. The highest BCUT2D eigenvalue weighted by Crippen LogP contribution is 2.26. The number of benzene rings is 2. The number of aromatic nitrogens is 1. The lowest BCUT2D eigenvalue weighted by molar-refractivity contribution is 0.770. The van der Waals surface area contributed by atoms with Gasteiger partial charge >= 0.3 is 0 Å². The summed E-state index contributed by atoms with van der Waals surface area (Å²) in [6.45, 7) is 0.552. The summed E-state index contributed by atoms with van der Waals surface area (Å²) >= 11 is 1.64. The lowest BCUT2D eigenvalue weighted by Crippen LogP contribution is -2.21. The summed E-state index contributed by atoms with van der Waals surface area (Å²) in [5.74, 6) is 0. The molecule has 25 heavy (non-hydrogen) atoms. The van der Waals surface area contributed by atoms with E-state index in [4.69, 9.17) is 0 Å². The van der Waals surface area contributed by atoms with Crippen molar-refractivity contribution < 1.29 is 0 Å². The molecule has 122 valence electrons. The molecule has 0 N–H and O–H groups in total. The van der Waals surface area contributed by atoms with Crippen molar-refractivity contribution in [3.63, 3.8) is 0 Å². The summed E-state index contributed by atoms with van der Waals surface area (Å²) in [4.78, 5) is 12.6. The standard InChI is InChI=1S/C22H17NOS/c24-22-12-6-11-21(19-13-14-25-16-19)23(22)15-18-9-4-5-10-20(18)17-7-2-1-3-8-17/h1-14,16H,15H2. The third-order valence-corrected chi connectivity index (χ3v) is 4.98. The average molecular weight is 343 g/mol. The summed E-state index contributed by atoms with van der Waals surface area (Å²) in [7, 11) is 0. The van der Waals surface area contributed by atoms with Gasteiger partial charge in [0.1, 0.15) is 0 Å². The van der Waals surface area contributed by atoms with Crippen LogP contribution in [0.2, 0.25) is 0 Å². The highest BCUT2D eigenvalue weighted by molar-refractivity contribution is 7.08. The van der Waals surface area contributed by atoms with Crippen LogP contribution in [0.4, 0.5) is 0 Å². The molecule has 0 bridgehead atoms. The van der Waals surface area contributed by atoms with Gasteiger partial charge in [-0.15, -0.1) is 0 Å². The molecule has 2 aromatic carbocycles. The topological polar surface area (TPSA) is 22.0 Å². The van der Waals surface area contributed by atoms with E-state index in [9.17, 15) is 4.79 Å². The van der Waals surface area contributed by atoms with E-state index in [1.54, 1.807) is 17.4 Å². The molecular weight excluding hydrogens is 326 g/mol. The maximum Gasteiger partial charge on any atom is 0.251 e. The lowest BCUT2D eigenvalue weighted by Gasteiger charge is -2.15. The molecule has 2 nitrogen and oxygen atoms in total. The molecule has 0 saturated heterocycles. The van der Waals surface area contributed by atoms with Crippen molar-refractivity contribution in [2.45, 2.75) is 6.54 Å². The molecular formula is C22H17NOS. The Morgan fingerprint density at radius 1 is 0.760 bits per heavy atom. The fraction of sp³-hybridized carbons (Fsp3) is 0.0455. The number of hydrogen-bond donors (Lipinski definition) is 0. The van der Waals surface area contributed by atoms with Crippen LogP contribution in [0.25, 0.3) is 22.4 Å². The van der Waals surface area contributed by atoms with Gasteiger partial charge in [-0.1, -0.05) is 60.7 Å². The molecule has 0 fully saturated rings. The van der Waals surface area contributed by atoms with E-state index in [0.717, 1.165) is 22.4 Å². The molecule has 2 aromatic heterocycles. The summed E-state index contributed by atoms with van der Waals surface area (Å²) in [5, 5.41) is 4.11. The van der Waals surface area contributed by atoms with Gasteiger partial charge in [-0.3, -0.25) is 4.79 Å². The Labute approximate surface area is 150 Å². The highest BCUT2D eigenvalue weighted by atomic mass is 32.1. The zero-order valence-corrected chi connectivity index (χ0v) is 14.4. The number of thiophene rings is 1. The molecule has 3 heteroatoms. The minimum absolute atomic E-state index is 0.0200. The number of nitrogens with zero attached hydrogens (tertiary/aromatic N) is 1. The van der Waals surface area contributed by atoms with Crippen molar-refractivity contribution in [2.24, 2.45) is 0 Å². The zero-order valence-electron chi connectivity index (χ0n) is 13.6. The lowest BCUT2D eigenvalue weighted by atomic mass is 9.99. The van der Waals surface area contributed by atoms with Gasteiger partial charge in [-0.25, -0.2) is 0 Å². The van der Waals surface area contributed by atoms with Crippen LogP contribution < -0.4 is 5.56 Å². The molecule has 0 saturated carbocycles. The van der Waals surface area contributed by atoms with E-state index in [1.807, 2.05) is 52.4 Å². The average Bonchev–Trinajstić information content (AvgIpc) is 3.19. The van der Waals surface area contributed by atoms with Crippen molar-refractivity contribution in [1.82, 2.24) is 4.57 Å². The quantitative estimate of drug-likeness (QED) is 0.493. The predicted molar refractivity (Wildman–Crippen MR) is 105 cm³/mol. The third kappa shape index (κ3) is 3.19. The molecule has 0 unspecified atom stereocenters. The highest BCUT2D eigenvalue weighted by Gasteiger charge is 2.10. The third-order valence-electron chi connectivity index (χ3n) is 4.30. The second kappa shape index (κ2) is 6.91. The molecule has 0 amide bonds. The van der Waals surface area contributed by atoms with Crippen LogP contribution >= 0.6 is 11.3 Å². The van der Waals surface area contributed by atoms with Gasteiger partial charge in [0.15, 0.2) is 0 Å². The molecule has 0 aliphatic heterocycles. The number of hydrogen-bond acceptors (Lipinski definition) is 2. The van der Waals surface area contributed by atoms with Gasteiger partial charge in [-0.05, 0) is 34.2 Å². The molecule has 0 radical (unpaired) electrons. The van der Waals surface area contributed by atoms with Gasteiger partial charge in [-0.2, -0.15) is 11.3 Å². The Morgan fingerprint density at radius 2 is 1.56 bits per heavy atom. The van der Waals surface area contributed by atoms with Crippen LogP contribution in [0.3, 0.4) is 0 Å². The maximum absolute atomic E-state index is 12.6. The molecule has 2 heterocycles. The van der Waals surface area contributed by atoms with Crippen LogP contribution in [0.5, 0.6) is 0 Å². The van der Waals surface area contributed by atoms with Crippen molar-refractivity contribution in [2.75, 3.05) is 0 Å². The van der Waals surface area contributed by atoms with Crippen LogP contribution in [-0.2, 0) is 6.54 Å². The largest absolute Gasteiger partial charge is 0.304 e. The van der Waals surface area contributed by atoms with Crippen LogP contribution in [-0.4, -0.2) is 4.57 Å². The Bertz CT molecular complexity index is 1030. The number of rotatable bonds is 4. The minimum atomic E-state index is 0.0200. The summed E-state index contributed by atoms with van der Waals surface area (Å²) in [5.41, 5.74) is 5.52. The van der Waals surface area contributed by atoms with Gasteiger partial charge < -0.3 is 4.57 Å². The molecule has 0 atom stereocenters. The van der Waals surface area contributed by atoms with E-state index in [-0.39, 0.29) is 5.56 Å². The summed E-state index contributed by atoms with van der Waals surface area (Å²) in [6, 6.07) is 26.1. The Kier molecular flexibility index (Phi) is 4.32. The van der Waals surface area contributed by atoms with Crippen molar-refractivity contribution >= 4 is 11.3 Å². The first-order valence-electron chi connectivity index (χ1n) is 8.19. The van der Waals surface area contributed by atoms with Crippen molar-refractivity contribution in [1.29, 1.82) is 0 Å². The van der Waals surface area contributed by atoms with Gasteiger partial charge in [0.2, 0.25) is 0 Å². The van der Waals surface area contributed by atoms with E-state index < -0.39 is 0 Å². The maximum atomic E-state index is 12.6. The molecule has 4 aromatic rings. The molecule has 0 aliphatic carbocycles. The Morgan fingerprint density at radius 3 is 2.36 bits per heavy atom. The first kappa shape index (κ1) is 15.6. The van der Waals surface area contributed by atoms with Crippen LogP contribution in [0.15, 0.2) is 94.4 Å². The van der Waals surface area contributed by atoms with Gasteiger partial charge in [0.25, 0.3) is 5.56 Å². The molecule has 0 aliphatic rings. The second-order valence-electron chi connectivity index (χ2n) is 5.87. The van der Waals surface area contributed by atoms with Crippen LogP contribution in [0.1, 0.15) is 5.56 Å². The first-order valence-corrected chi connectivity index (χ1v) is 9.13. The molecule has 0 spiro atoms. The molecule has 4 rings (SSSR count). The van der Waals surface area contributed by atoms with Gasteiger partial charge in [0, 0.05) is 17.0 Å². The predicted octanol–water partition coefficient (Wildman–Crippen LogP) is 5.29. The van der Waals surface area contributed by atoms with E-state index in [2.05, 4.69) is 35.7 Å². The smallest absolute Gasteiger partial charge is 0.251 e. The number of pyridine rings is 1. The normalized spacial score (nSPS) is 10.7. The summed E-state index contributed by atoms with van der Waals surface area (Å²) < 4.78 is 1.85. The Balaban J connectivity index is 1.82. The van der Waals surface area contributed by atoms with E-state index >= 15 is 0 Å². The fourth-order valence-corrected chi connectivity index (χ4v) is 3.72. The van der Waals surface area contributed by atoms with Crippen molar-refractivity contribution in [3.05, 3.63) is 106 Å². The Hall–Kier alpha value is -2.91. The fourth-order valence-electron chi connectivity index (χ4n) is 3.07. The van der Waals surface area contributed by atoms with Crippen LogP contribution in [0, 0.1) is 0 Å². The minimum Gasteiger partial charge on any atom is -0.304 e. The van der Waals surface area contributed by atoms with E-state index in [1.165, 1.54) is 5.56 Å². The van der Waals surface area contributed by atoms with Gasteiger partial charge in [0.05, 0.1) is 12.2 Å². The second-order valence-corrected chi connectivity index (χ2v) is 6.65. The first-order chi connectivity index (χ1) is 12.3. The van der Waals surface area contributed by atoms with E-state index in [0.29, 0.717) is 6.54 Å². The SMILES string of the molecule is O=c1cccc(-c2ccsc2)n1Cc1ccccc1-c1ccccc1.